The van der Waals surface area contributed by atoms with E-state index in [0.29, 0.717) is 16.0 Å². The third-order valence-electron chi connectivity index (χ3n) is 2.70. The second-order valence-corrected chi connectivity index (χ2v) is 4.52. The molecule has 84 valence electrons. The molecule has 3 N–H and O–H groups in total. The zero-order chi connectivity index (χ0) is 11.4. The van der Waals surface area contributed by atoms with Crippen molar-refractivity contribution in [3.05, 3.63) is 33.8 Å². The summed E-state index contributed by atoms with van der Waals surface area (Å²) in [6.45, 7) is 4.28. The van der Waals surface area contributed by atoms with Crippen molar-refractivity contribution in [1.29, 1.82) is 0 Å². The van der Waals surface area contributed by atoms with Crippen molar-refractivity contribution in [2.45, 2.75) is 26.3 Å². The smallest absolute Gasteiger partial charge is 0.0595 e. The summed E-state index contributed by atoms with van der Waals surface area (Å²) in [6.07, 6.45) is 1.05. The van der Waals surface area contributed by atoms with Gasteiger partial charge in [0.25, 0.3) is 0 Å². The molecule has 1 rings (SSSR count). The van der Waals surface area contributed by atoms with Crippen molar-refractivity contribution in [3.8, 4) is 0 Å². The zero-order valence-electron chi connectivity index (χ0n) is 8.93. The molecule has 1 aromatic carbocycles. The van der Waals surface area contributed by atoms with Crippen LogP contribution in [0.5, 0.6) is 0 Å². The van der Waals surface area contributed by atoms with E-state index in [1.165, 1.54) is 0 Å². The third kappa shape index (κ3) is 3.08. The number of halogens is 2. The van der Waals surface area contributed by atoms with Gasteiger partial charge in [0.2, 0.25) is 0 Å². The summed E-state index contributed by atoms with van der Waals surface area (Å²) in [7, 11) is 0. The Hall–Kier alpha value is -0.280. The molecular weight excluding hydrogens is 231 g/mol. The average Bonchev–Trinajstić information content (AvgIpc) is 2.24. The summed E-state index contributed by atoms with van der Waals surface area (Å²) in [6, 6.07) is 5.72. The van der Waals surface area contributed by atoms with E-state index in [-0.39, 0.29) is 6.04 Å². The summed E-state index contributed by atoms with van der Waals surface area (Å²) in [5, 5.41) is 1.14. The van der Waals surface area contributed by atoms with Gasteiger partial charge in [-0.15, -0.1) is 0 Å². The van der Waals surface area contributed by atoms with E-state index in [2.05, 4.69) is 19.3 Å². The van der Waals surface area contributed by atoms with Gasteiger partial charge in [0.15, 0.2) is 0 Å². The minimum absolute atomic E-state index is 0.116. The summed E-state index contributed by atoms with van der Waals surface area (Å²) >= 11 is 11.8. The van der Waals surface area contributed by atoms with E-state index in [1.807, 2.05) is 12.1 Å². The van der Waals surface area contributed by atoms with Gasteiger partial charge in [-0.25, -0.2) is 0 Å². The van der Waals surface area contributed by atoms with Gasteiger partial charge in [-0.2, -0.15) is 0 Å². The predicted molar refractivity (Wildman–Crippen MR) is 66.0 cm³/mol. The van der Waals surface area contributed by atoms with Crippen LogP contribution in [0.3, 0.4) is 0 Å². The number of nitrogens with one attached hydrogen (secondary N) is 1. The molecule has 2 nitrogen and oxygen atoms in total. The lowest BCUT2D eigenvalue weighted by Gasteiger charge is -2.22. The van der Waals surface area contributed by atoms with E-state index >= 15 is 0 Å². The molecule has 0 aliphatic carbocycles. The van der Waals surface area contributed by atoms with Crippen LogP contribution in [0, 0.1) is 5.92 Å². The summed E-state index contributed by atoms with van der Waals surface area (Å²) in [5.74, 6) is 5.99. The lowest BCUT2D eigenvalue weighted by atomic mass is 9.93. The summed E-state index contributed by atoms with van der Waals surface area (Å²) in [4.78, 5) is 0. The Morgan fingerprint density at radius 3 is 2.47 bits per heavy atom. The molecule has 0 bridgehead atoms. The van der Waals surface area contributed by atoms with Crippen LogP contribution in [0.4, 0.5) is 0 Å². The highest BCUT2D eigenvalue weighted by Gasteiger charge is 2.16. The van der Waals surface area contributed by atoms with Gasteiger partial charge < -0.3 is 0 Å². The Morgan fingerprint density at radius 1 is 1.33 bits per heavy atom. The lowest BCUT2D eigenvalue weighted by molar-refractivity contribution is 0.383. The Labute approximate surface area is 101 Å². The zero-order valence-corrected chi connectivity index (χ0v) is 10.4. The van der Waals surface area contributed by atoms with Gasteiger partial charge in [0, 0.05) is 6.04 Å². The van der Waals surface area contributed by atoms with Gasteiger partial charge in [0.1, 0.15) is 0 Å². The molecule has 0 aliphatic rings. The second-order valence-electron chi connectivity index (χ2n) is 3.70. The van der Waals surface area contributed by atoms with Crippen LogP contribution in [0.15, 0.2) is 18.2 Å². The van der Waals surface area contributed by atoms with E-state index in [1.54, 1.807) is 6.07 Å². The van der Waals surface area contributed by atoms with Crippen LogP contribution >= 0.6 is 23.2 Å². The first kappa shape index (κ1) is 12.8. The maximum Gasteiger partial charge on any atom is 0.0595 e. The van der Waals surface area contributed by atoms with Crippen molar-refractivity contribution in [2.75, 3.05) is 0 Å². The van der Waals surface area contributed by atoms with E-state index in [9.17, 15) is 0 Å². The lowest BCUT2D eigenvalue weighted by Crippen LogP contribution is -2.32. The minimum Gasteiger partial charge on any atom is -0.271 e. The average molecular weight is 247 g/mol. The standard InChI is InChI=1S/C11H16Cl2N2/c1-3-7(2)11(15-14)8-4-5-9(12)10(13)6-8/h4-7,11,15H,3,14H2,1-2H3. The Bertz CT molecular complexity index is 328. The van der Waals surface area contributed by atoms with Gasteiger partial charge in [-0.1, -0.05) is 49.5 Å². The molecule has 15 heavy (non-hydrogen) atoms. The summed E-state index contributed by atoms with van der Waals surface area (Å²) < 4.78 is 0. The normalized spacial score (nSPS) is 15.0. The highest BCUT2D eigenvalue weighted by molar-refractivity contribution is 6.42. The molecule has 0 amide bonds. The number of hydrazine groups is 1. The fraction of sp³-hybridized carbons (Fsp3) is 0.455. The molecule has 0 saturated carbocycles. The van der Waals surface area contributed by atoms with Crippen LogP contribution < -0.4 is 11.3 Å². The van der Waals surface area contributed by atoms with Crippen LogP contribution in [0.25, 0.3) is 0 Å². The molecule has 0 radical (unpaired) electrons. The van der Waals surface area contributed by atoms with Crippen molar-refractivity contribution >= 4 is 23.2 Å². The molecular formula is C11H16Cl2N2. The number of nitrogens with two attached hydrogens (primary N) is 1. The third-order valence-corrected chi connectivity index (χ3v) is 3.43. The fourth-order valence-corrected chi connectivity index (χ4v) is 1.84. The van der Waals surface area contributed by atoms with Crippen LogP contribution in [-0.2, 0) is 0 Å². The fourth-order valence-electron chi connectivity index (χ4n) is 1.53. The maximum atomic E-state index is 5.96. The SMILES string of the molecule is CCC(C)C(NN)c1ccc(Cl)c(Cl)c1. The first-order valence-corrected chi connectivity index (χ1v) is 5.76. The number of benzene rings is 1. The van der Waals surface area contributed by atoms with E-state index in [4.69, 9.17) is 29.0 Å². The number of hydrogen-bond acceptors (Lipinski definition) is 2. The van der Waals surface area contributed by atoms with Gasteiger partial charge in [0.05, 0.1) is 10.0 Å². The van der Waals surface area contributed by atoms with Crippen LogP contribution in [0.1, 0.15) is 31.9 Å². The van der Waals surface area contributed by atoms with Gasteiger partial charge in [-0.3, -0.25) is 11.3 Å². The Kier molecular flexibility index (Phi) is 4.87. The van der Waals surface area contributed by atoms with Crippen molar-refractivity contribution in [2.24, 2.45) is 11.8 Å². The molecule has 0 saturated heterocycles. The number of hydrogen-bond donors (Lipinski definition) is 2. The molecule has 2 unspecified atom stereocenters. The van der Waals surface area contributed by atoms with E-state index < -0.39 is 0 Å². The maximum absolute atomic E-state index is 5.96. The second kappa shape index (κ2) is 5.71. The Balaban J connectivity index is 2.97. The largest absolute Gasteiger partial charge is 0.271 e. The molecule has 0 aromatic heterocycles. The van der Waals surface area contributed by atoms with Gasteiger partial charge >= 0.3 is 0 Å². The predicted octanol–water partition coefficient (Wildman–Crippen LogP) is 3.54. The van der Waals surface area contributed by atoms with Crippen molar-refractivity contribution in [1.82, 2.24) is 5.43 Å². The first-order valence-electron chi connectivity index (χ1n) is 5.01. The van der Waals surface area contributed by atoms with Crippen molar-refractivity contribution < 1.29 is 0 Å². The molecule has 1 aromatic rings. The highest BCUT2D eigenvalue weighted by Crippen LogP contribution is 2.29. The molecule has 0 aliphatic heterocycles. The molecule has 2 atom stereocenters. The van der Waals surface area contributed by atoms with Crippen LogP contribution in [-0.4, -0.2) is 0 Å². The summed E-state index contributed by atoms with van der Waals surface area (Å²) in [5.41, 5.74) is 3.88. The Morgan fingerprint density at radius 2 is 2.00 bits per heavy atom. The first-order chi connectivity index (χ1) is 7.10. The molecule has 4 heteroatoms. The topological polar surface area (TPSA) is 38.0 Å². The highest BCUT2D eigenvalue weighted by atomic mass is 35.5. The molecule has 0 heterocycles. The quantitative estimate of drug-likeness (QED) is 0.630. The monoisotopic (exact) mass is 246 g/mol. The molecule has 0 fully saturated rings. The van der Waals surface area contributed by atoms with Gasteiger partial charge in [-0.05, 0) is 23.6 Å². The minimum atomic E-state index is 0.116. The van der Waals surface area contributed by atoms with E-state index in [0.717, 1.165) is 12.0 Å². The number of rotatable bonds is 4. The molecule has 0 spiro atoms. The van der Waals surface area contributed by atoms with Crippen LogP contribution in [0.2, 0.25) is 10.0 Å². The van der Waals surface area contributed by atoms with Crippen molar-refractivity contribution in [3.63, 3.8) is 0 Å².